The van der Waals surface area contributed by atoms with Crippen LogP contribution in [0.4, 0.5) is 16.2 Å². The quantitative estimate of drug-likeness (QED) is 0.303. The molecule has 1 atom stereocenters. The predicted octanol–water partition coefficient (Wildman–Crippen LogP) is 10.1. The number of aryl methyl sites for hydroxylation is 2. The van der Waals surface area contributed by atoms with Crippen LogP contribution < -0.4 is 9.64 Å². The number of rotatable bonds is 11. The Labute approximate surface area is 229 Å². The van der Waals surface area contributed by atoms with Gasteiger partial charge in [-0.2, -0.15) is 0 Å². The van der Waals surface area contributed by atoms with Gasteiger partial charge in [-0.25, -0.2) is 9.69 Å². The maximum Gasteiger partial charge on any atom is 0.416 e. The van der Waals surface area contributed by atoms with Gasteiger partial charge in [-0.3, -0.25) is 0 Å². The summed E-state index contributed by atoms with van der Waals surface area (Å²) in [6, 6.07) is 13.1. The molecule has 2 aromatic carbocycles. The van der Waals surface area contributed by atoms with Crippen molar-refractivity contribution in [2.24, 2.45) is 0 Å². The summed E-state index contributed by atoms with van der Waals surface area (Å²) in [6.07, 6.45) is 14.3. The van der Waals surface area contributed by atoms with Crippen molar-refractivity contribution in [3.63, 3.8) is 0 Å². The molecule has 1 heterocycles. The molecule has 0 aliphatic carbocycles. The average Bonchev–Trinajstić information content (AvgIpc) is 2.85. The van der Waals surface area contributed by atoms with Crippen LogP contribution >= 0.6 is 0 Å². The Kier molecular flexibility index (Phi) is 10.4. The third-order valence-electron chi connectivity index (χ3n) is 7.36. The van der Waals surface area contributed by atoms with Crippen molar-refractivity contribution in [1.82, 2.24) is 0 Å². The topological polar surface area (TPSA) is 49.8 Å². The zero-order valence-electron chi connectivity index (χ0n) is 24.1. The van der Waals surface area contributed by atoms with Crippen LogP contribution in [0.3, 0.4) is 0 Å². The van der Waals surface area contributed by atoms with Crippen LogP contribution in [0.15, 0.2) is 77.4 Å². The predicted molar refractivity (Wildman–Crippen MR) is 160 cm³/mol. The number of nitrogens with zero attached hydrogens (tertiary/aromatic N) is 1. The van der Waals surface area contributed by atoms with Crippen molar-refractivity contribution in [1.29, 1.82) is 0 Å². The van der Waals surface area contributed by atoms with E-state index in [0.717, 1.165) is 68.2 Å². The second-order valence-electron chi connectivity index (χ2n) is 11.3. The summed E-state index contributed by atoms with van der Waals surface area (Å²) in [7, 11) is 0. The molecule has 1 N–H and O–H groups in total. The van der Waals surface area contributed by atoms with E-state index in [9.17, 15) is 9.90 Å². The normalized spacial score (nSPS) is 17.4. The van der Waals surface area contributed by atoms with Crippen LogP contribution in [0.25, 0.3) is 0 Å². The SMILES string of the molecule is CC(C)=CCCC(C)=CCCC(C)=CCCC1(C)CCc2cc(N(C(=O)O)c3ccccc3)cc(C)c2O1. The second kappa shape index (κ2) is 13.5. The van der Waals surface area contributed by atoms with Gasteiger partial charge in [-0.05, 0) is 128 Å². The van der Waals surface area contributed by atoms with Crippen molar-refractivity contribution in [3.8, 4) is 5.75 Å². The summed E-state index contributed by atoms with van der Waals surface area (Å²) in [4.78, 5) is 13.4. The molecule has 0 saturated carbocycles. The zero-order valence-corrected chi connectivity index (χ0v) is 24.1. The Morgan fingerprint density at radius 1 is 0.947 bits per heavy atom. The van der Waals surface area contributed by atoms with Gasteiger partial charge in [-0.1, -0.05) is 53.1 Å². The van der Waals surface area contributed by atoms with Gasteiger partial charge in [0.1, 0.15) is 11.4 Å². The number of amides is 1. The molecule has 1 amide bonds. The lowest BCUT2D eigenvalue weighted by molar-refractivity contribution is 0.0563. The monoisotopic (exact) mass is 515 g/mol. The highest BCUT2D eigenvalue weighted by Gasteiger charge is 2.32. The summed E-state index contributed by atoms with van der Waals surface area (Å²) in [6.45, 7) is 13.0. The van der Waals surface area contributed by atoms with Crippen LogP contribution in [-0.2, 0) is 6.42 Å². The van der Waals surface area contributed by atoms with Gasteiger partial charge in [0, 0.05) is 0 Å². The van der Waals surface area contributed by atoms with Crippen LogP contribution in [0.1, 0.15) is 90.7 Å². The van der Waals surface area contributed by atoms with Gasteiger partial charge in [0.15, 0.2) is 0 Å². The number of anilines is 2. The highest BCUT2D eigenvalue weighted by Crippen LogP contribution is 2.41. The largest absolute Gasteiger partial charge is 0.487 e. The van der Waals surface area contributed by atoms with Gasteiger partial charge in [0.2, 0.25) is 0 Å². The van der Waals surface area contributed by atoms with Crippen molar-refractivity contribution in [3.05, 3.63) is 88.5 Å². The molecule has 4 nitrogen and oxygen atoms in total. The maximum absolute atomic E-state index is 12.1. The van der Waals surface area contributed by atoms with Gasteiger partial charge < -0.3 is 9.84 Å². The number of fused-ring (bicyclic) bond motifs is 1. The van der Waals surface area contributed by atoms with E-state index in [1.807, 2.05) is 49.4 Å². The number of ether oxygens (including phenoxy) is 1. The number of hydrogen-bond donors (Lipinski definition) is 1. The van der Waals surface area contributed by atoms with E-state index in [1.54, 1.807) is 0 Å². The van der Waals surface area contributed by atoms with Gasteiger partial charge in [-0.15, -0.1) is 0 Å². The summed E-state index contributed by atoms with van der Waals surface area (Å²) >= 11 is 0. The van der Waals surface area contributed by atoms with Crippen LogP contribution in [0, 0.1) is 6.92 Å². The molecule has 204 valence electrons. The van der Waals surface area contributed by atoms with Gasteiger partial charge in [0.05, 0.1) is 11.4 Å². The lowest BCUT2D eigenvalue weighted by Crippen LogP contribution is -2.36. The molecule has 0 saturated heterocycles. The van der Waals surface area contributed by atoms with E-state index in [-0.39, 0.29) is 5.60 Å². The van der Waals surface area contributed by atoms with Crippen LogP contribution in [0.5, 0.6) is 5.75 Å². The summed E-state index contributed by atoms with van der Waals surface area (Å²) in [5.41, 5.74) is 7.44. The van der Waals surface area contributed by atoms with Crippen molar-refractivity contribution < 1.29 is 14.6 Å². The molecular formula is C34H45NO3. The molecule has 1 unspecified atom stereocenters. The smallest absolute Gasteiger partial charge is 0.416 e. The van der Waals surface area contributed by atoms with E-state index in [1.165, 1.54) is 21.6 Å². The number of allylic oxidation sites excluding steroid dienone is 6. The number of benzene rings is 2. The first-order valence-corrected chi connectivity index (χ1v) is 13.9. The number of carboxylic acid groups (broad SMARTS) is 1. The Bertz CT molecular complexity index is 1190. The molecule has 1 aliphatic heterocycles. The first-order valence-electron chi connectivity index (χ1n) is 13.9. The number of hydrogen-bond acceptors (Lipinski definition) is 2. The highest BCUT2D eigenvalue weighted by atomic mass is 16.5. The lowest BCUT2D eigenvalue weighted by Gasteiger charge is -2.37. The lowest BCUT2D eigenvalue weighted by atomic mass is 9.87. The maximum atomic E-state index is 12.1. The van der Waals surface area contributed by atoms with Crippen LogP contribution in [-0.4, -0.2) is 16.8 Å². The van der Waals surface area contributed by atoms with Crippen LogP contribution in [0.2, 0.25) is 0 Å². The van der Waals surface area contributed by atoms with E-state index in [0.29, 0.717) is 11.4 Å². The molecule has 3 rings (SSSR count). The Morgan fingerprint density at radius 2 is 1.58 bits per heavy atom. The Balaban J connectivity index is 1.59. The third-order valence-corrected chi connectivity index (χ3v) is 7.36. The van der Waals surface area contributed by atoms with E-state index < -0.39 is 6.09 Å². The molecule has 0 radical (unpaired) electrons. The fourth-order valence-corrected chi connectivity index (χ4v) is 5.07. The first kappa shape index (κ1) is 29.3. The third kappa shape index (κ3) is 8.37. The molecule has 0 spiro atoms. The minimum Gasteiger partial charge on any atom is -0.487 e. The summed E-state index contributed by atoms with van der Waals surface area (Å²) in [5, 5.41) is 9.92. The van der Waals surface area contributed by atoms with Crippen molar-refractivity contribution in [2.45, 2.75) is 98.5 Å². The van der Waals surface area contributed by atoms with E-state index in [2.05, 4.69) is 52.8 Å². The zero-order chi connectivity index (χ0) is 27.7. The fraction of sp³-hybridized carbons (Fsp3) is 0.441. The Morgan fingerprint density at radius 3 is 2.21 bits per heavy atom. The highest BCUT2D eigenvalue weighted by molar-refractivity contribution is 5.95. The minimum atomic E-state index is -0.992. The number of para-hydroxylation sites is 1. The number of carbonyl (C=O) groups is 1. The minimum absolute atomic E-state index is 0.219. The van der Waals surface area contributed by atoms with Gasteiger partial charge in [0.25, 0.3) is 0 Å². The van der Waals surface area contributed by atoms with Crippen molar-refractivity contribution >= 4 is 17.5 Å². The molecule has 0 bridgehead atoms. The standard InChI is InChI=1S/C34H45NO3/c1-25(2)13-10-14-26(3)15-11-16-27(4)17-12-21-34(6)22-20-29-24-31(23-28(5)32(29)38-34)35(33(36)37)30-18-8-7-9-19-30/h7-9,13,15,17-19,23-24H,10-12,14,16,20-22H2,1-6H3,(H,36,37). The Hall–Kier alpha value is -3.27. The first-order chi connectivity index (χ1) is 18.1. The molecule has 0 fully saturated rings. The van der Waals surface area contributed by atoms with Crippen molar-refractivity contribution in [2.75, 3.05) is 4.90 Å². The molecular weight excluding hydrogens is 470 g/mol. The molecule has 38 heavy (non-hydrogen) atoms. The summed E-state index contributed by atoms with van der Waals surface area (Å²) in [5.74, 6) is 0.912. The van der Waals surface area contributed by atoms with Gasteiger partial charge >= 0.3 is 6.09 Å². The fourth-order valence-electron chi connectivity index (χ4n) is 5.07. The van der Waals surface area contributed by atoms with E-state index in [4.69, 9.17) is 4.74 Å². The molecule has 4 heteroatoms. The second-order valence-corrected chi connectivity index (χ2v) is 11.3. The summed E-state index contributed by atoms with van der Waals surface area (Å²) < 4.78 is 6.59. The van der Waals surface area contributed by atoms with E-state index >= 15 is 0 Å². The molecule has 0 aromatic heterocycles. The average molecular weight is 516 g/mol. The molecule has 2 aromatic rings. The molecule has 1 aliphatic rings.